The van der Waals surface area contributed by atoms with Crippen LogP contribution in [0, 0.1) is 13.8 Å². The fourth-order valence-corrected chi connectivity index (χ4v) is 4.44. The number of amides is 1. The molecule has 122 valence electrons. The van der Waals surface area contributed by atoms with Crippen LogP contribution < -0.4 is 0 Å². The van der Waals surface area contributed by atoms with Crippen molar-refractivity contribution in [3.8, 4) is 0 Å². The fraction of sp³-hybridized carbons (Fsp3) is 0.750. The van der Waals surface area contributed by atoms with Crippen molar-refractivity contribution < 1.29 is 14.6 Å². The summed E-state index contributed by atoms with van der Waals surface area (Å²) in [6, 6.07) is 0. The van der Waals surface area contributed by atoms with Crippen LogP contribution >= 0.6 is 11.3 Å². The number of rotatable bonds is 2. The summed E-state index contributed by atoms with van der Waals surface area (Å²) in [6.07, 6.45) is 3.27. The lowest BCUT2D eigenvalue weighted by molar-refractivity contribution is -0.179. The molecule has 1 spiro atoms. The van der Waals surface area contributed by atoms with Crippen LogP contribution in [0.15, 0.2) is 0 Å². The van der Waals surface area contributed by atoms with Gasteiger partial charge in [-0.15, -0.1) is 11.3 Å². The summed E-state index contributed by atoms with van der Waals surface area (Å²) in [5.41, 5.74) is 0.557. The molecule has 2 fully saturated rings. The number of aromatic nitrogens is 1. The molecule has 0 aliphatic carbocycles. The summed E-state index contributed by atoms with van der Waals surface area (Å²) in [5, 5.41) is 11.3. The van der Waals surface area contributed by atoms with Gasteiger partial charge in [-0.2, -0.15) is 0 Å². The second kappa shape index (κ2) is 6.26. The molecule has 3 rings (SSSR count). The molecule has 6 heteroatoms. The van der Waals surface area contributed by atoms with Gasteiger partial charge in [0.05, 0.1) is 28.8 Å². The van der Waals surface area contributed by atoms with Gasteiger partial charge in [0.15, 0.2) is 0 Å². The minimum atomic E-state index is -0.411. The number of hydrogen-bond acceptors (Lipinski definition) is 5. The first-order valence-electron chi connectivity index (χ1n) is 8.03. The number of ether oxygens (including phenoxy) is 1. The maximum atomic E-state index is 12.5. The summed E-state index contributed by atoms with van der Waals surface area (Å²) in [7, 11) is 0. The van der Waals surface area contributed by atoms with Crippen molar-refractivity contribution in [2.75, 3.05) is 19.7 Å². The van der Waals surface area contributed by atoms with E-state index >= 15 is 0 Å². The normalized spacial score (nSPS) is 24.7. The molecule has 0 unspecified atom stereocenters. The molecule has 0 saturated carbocycles. The SMILES string of the molecule is Cc1nc(C)c(CC(=O)N2CCC3(CC2)OCCC[C@@H]3O)s1. The fourth-order valence-electron chi connectivity index (χ4n) is 3.51. The van der Waals surface area contributed by atoms with E-state index in [-0.39, 0.29) is 12.0 Å². The van der Waals surface area contributed by atoms with Crippen molar-refractivity contribution in [2.24, 2.45) is 0 Å². The molecule has 1 aromatic rings. The first-order valence-corrected chi connectivity index (χ1v) is 8.84. The van der Waals surface area contributed by atoms with Crippen molar-refractivity contribution >= 4 is 17.2 Å². The van der Waals surface area contributed by atoms with Gasteiger partial charge in [-0.25, -0.2) is 4.98 Å². The Morgan fingerprint density at radius 2 is 2.18 bits per heavy atom. The molecular formula is C16H24N2O3S. The maximum absolute atomic E-state index is 12.5. The minimum absolute atomic E-state index is 0.159. The van der Waals surface area contributed by atoms with Crippen LogP contribution in [0.2, 0.25) is 0 Å². The molecule has 1 N–H and O–H groups in total. The van der Waals surface area contributed by atoms with E-state index in [1.165, 1.54) is 0 Å². The van der Waals surface area contributed by atoms with Gasteiger partial charge >= 0.3 is 0 Å². The highest BCUT2D eigenvalue weighted by Gasteiger charge is 2.44. The summed E-state index contributed by atoms with van der Waals surface area (Å²) in [4.78, 5) is 19.8. The lowest BCUT2D eigenvalue weighted by Gasteiger charge is -2.46. The average Bonchev–Trinajstić information content (AvgIpc) is 2.81. The Labute approximate surface area is 135 Å². The number of aliphatic hydroxyl groups is 1. The highest BCUT2D eigenvalue weighted by atomic mass is 32.1. The zero-order chi connectivity index (χ0) is 15.7. The molecule has 0 radical (unpaired) electrons. The van der Waals surface area contributed by atoms with E-state index < -0.39 is 5.60 Å². The third-order valence-corrected chi connectivity index (χ3v) is 5.97. The van der Waals surface area contributed by atoms with Gasteiger partial charge in [-0.3, -0.25) is 4.79 Å². The Morgan fingerprint density at radius 1 is 1.45 bits per heavy atom. The molecule has 2 aliphatic rings. The van der Waals surface area contributed by atoms with Gasteiger partial charge in [0, 0.05) is 24.6 Å². The van der Waals surface area contributed by atoms with E-state index in [1.807, 2.05) is 18.7 Å². The Bertz CT molecular complexity index is 550. The van der Waals surface area contributed by atoms with Crippen molar-refractivity contribution in [1.82, 2.24) is 9.88 Å². The van der Waals surface area contributed by atoms with Gasteiger partial charge in [0.2, 0.25) is 5.91 Å². The topological polar surface area (TPSA) is 62.7 Å². The second-order valence-electron chi connectivity index (χ2n) is 6.37. The van der Waals surface area contributed by atoms with Crippen molar-refractivity contribution in [1.29, 1.82) is 0 Å². The van der Waals surface area contributed by atoms with Gasteiger partial charge in [0.25, 0.3) is 0 Å². The summed E-state index contributed by atoms with van der Waals surface area (Å²) in [5.74, 6) is 0.159. The summed E-state index contributed by atoms with van der Waals surface area (Å²) >= 11 is 1.61. The molecule has 0 aromatic carbocycles. The van der Waals surface area contributed by atoms with Crippen LogP contribution in [0.5, 0.6) is 0 Å². The molecule has 2 aliphatic heterocycles. The zero-order valence-corrected chi connectivity index (χ0v) is 14.1. The van der Waals surface area contributed by atoms with Crippen LogP contribution in [-0.4, -0.2) is 52.3 Å². The number of aryl methyl sites for hydroxylation is 2. The van der Waals surface area contributed by atoms with Crippen LogP contribution in [-0.2, 0) is 16.0 Å². The highest BCUT2D eigenvalue weighted by molar-refractivity contribution is 7.11. The lowest BCUT2D eigenvalue weighted by atomic mass is 9.82. The average molecular weight is 324 g/mol. The molecule has 0 bridgehead atoms. The van der Waals surface area contributed by atoms with Crippen molar-refractivity contribution in [3.05, 3.63) is 15.6 Å². The molecule has 22 heavy (non-hydrogen) atoms. The highest BCUT2D eigenvalue weighted by Crippen LogP contribution is 2.35. The van der Waals surface area contributed by atoms with E-state index in [0.717, 1.165) is 47.9 Å². The molecule has 3 heterocycles. The number of piperidine rings is 1. The summed E-state index contributed by atoms with van der Waals surface area (Å²) in [6.45, 7) is 6.01. The monoisotopic (exact) mass is 324 g/mol. The van der Waals surface area contributed by atoms with Gasteiger partial charge in [-0.05, 0) is 39.5 Å². The standard InChI is InChI=1S/C16H24N2O3S/c1-11-13(22-12(2)17-11)10-15(20)18-7-5-16(6-8-18)14(19)4-3-9-21-16/h14,19H,3-10H2,1-2H3/t14-/m0/s1. The number of thiazole rings is 1. The Hall–Kier alpha value is -0.980. The molecule has 5 nitrogen and oxygen atoms in total. The first kappa shape index (κ1) is 15.9. The molecule has 1 amide bonds. The molecule has 1 aromatic heterocycles. The third-order valence-electron chi connectivity index (χ3n) is 4.89. The second-order valence-corrected chi connectivity index (χ2v) is 7.66. The van der Waals surface area contributed by atoms with E-state index in [0.29, 0.717) is 19.5 Å². The smallest absolute Gasteiger partial charge is 0.227 e. The molecule has 1 atom stereocenters. The van der Waals surface area contributed by atoms with Crippen LogP contribution in [0.4, 0.5) is 0 Å². The molecular weight excluding hydrogens is 300 g/mol. The van der Waals surface area contributed by atoms with E-state index in [2.05, 4.69) is 4.98 Å². The van der Waals surface area contributed by atoms with Gasteiger partial charge in [0.1, 0.15) is 0 Å². The quantitative estimate of drug-likeness (QED) is 0.901. The van der Waals surface area contributed by atoms with Gasteiger partial charge in [-0.1, -0.05) is 0 Å². The number of likely N-dealkylation sites (tertiary alicyclic amines) is 1. The minimum Gasteiger partial charge on any atom is -0.390 e. The number of aliphatic hydroxyl groups excluding tert-OH is 1. The zero-order valence-electron chi connectivity index (χ0n) is 13.3. The Balaban J connectivity index is 1.59. The largest absolute Gasteiger partial charge is 0.390 e. The third kappa shape index (κ3) is 3.05. The van der Waals surface area contributed by atoms with E-state index in [1.54, 1.807) is 11.3 Å². The maximum Gasteiger partial charge on any atom is 0.227 e. The van der Waals surface area contributed by atoms with E-state index in [9.17, 15) is 9.90 Å². The van der Waals surface area contributed by atoms with Crippen molar-refractivity contribution in [3.63, 3.8) is 0 Å². The predicted octanol–water partition coefficient (Wildman–Crippen LogP) is 1.83. The van der Waals surface area contributed by atoms with Crippen LogP contribution in [0.3, 0.4) is 0 Å². The van der Waals surface area contributed by atoms with Crippen LogP contribution in [0.1, 0.15) is 41.3 Å². The number of carbonyl (C=O) groups excluding carboxylic acids is 1. The molecule has 2 saturated heterocycles. The summed E-state index contributed by atoms with van der Waals surface area (Å²) < 4.78 is 5.89. The van der Waals surface area contributed by atoms with Gasteiger partial charge < -0.3 is 14.7 Å². The predicted molar refractivity (Wildman–Crippen MR) is 85.0 cm³/mol. The van der Waals surface area contributed by atoms with Crippen LogP contribution in [0.25, 0.3) is 0 Å². The Morgan fingerprint density at radius 3 is 2.77 bits per heavy atom. The Kier molecular flexibility index (Phi) is 4.52. The number of carbonyl (C=O) groups is 1. The van der Waals surface area contributed by atoms with E-state index in [4.69, 9.17) is 4.74 Å². The van der Waals surface area contributed by atoms with Crippen molar-refractivity contribution in [2.45, 2.75) is 57.7 Å². The number of nitrogens with zero attached hydrogens (tertiary/aromatic N) is 2. The lowest BCUT2D eigenvalue weighted by Crippen LogP contribution is -2.56. The number of hydrogen-bond donors (Lipinski definition) is 1. The first-order chi connectivity index (χ1) is 10.5.